The van der Waals surface area contributed by atoms with Crippen molar-refractivity contribution in [1.29, 1.82) is 0 Å². The highest BCUT2D eigenvalue weighted by atomic mass is 32.2. The molecule has 1 heterocycles. The zero-order valence-corrected chi connectivity index (χ0v) is 14.3. The van der Waals surface area contributed by atoms with Gasteiger partial charge in [0.1, 0.15) is 16.5 Å². The van der Waals surface area contributed by atoms with Gasteiger partial charge in [-0.25, -0.2) is 12.8 Å². The summed E-state index contributed by atoms with van der Waals surface area (Å²) < 4.78 is 44.0. The minimum atomic E-state index is -3.55. The molecule has 0 aliphatic carbocycles. The molecule has 0 saturated carbocycles. The SMILES string of the molecule is CCOc1ccccc1CN[C@@H]1CCS(=O)(=O)c2c(F)cccc21. The first kappa shape index (κ1) is 16.9. The summed E-state index contributed by atoms with van der Waals surface area (Å²) in [6.45, 7) is 3.03. The van der Waals surface area contributed by atoms with Gasteiger partial charge in [-0.15, -0.1) is 0 Å². The Morgan fingerprint density at radius 3 is 2.79 bits per heavy atom. The van der Waals surface area contributed by atoms with Crippen molar-refractivity contribution in [1.82, 2.24) is 5.32 Å². The second kappa shape index (κ2) is 6.91. The number of nitrogens with one attached hydrogen (secondary N) is 1. The molecule has 0 unspecified atom stereocenters. The molecule has 128 valence electrons. The van der Waals surface area contributed by atoms with Gasteiger partial charge in [-0.1, -0.05) is 30.3 Å². The molecule has 4 nitrogen and oxygen atoms in total. The molecule has 1 N–H and O–H groups in total. The van der Waals surface area contributed by atoms with Crippen LogP contribution in [0.3, 0.4) is 0 Å². The van der Waals surface area contributed by atoms with Gasteiger partial charge >= 0.3 is 0 Å². The van der Waals surface area contributed by atoms with Crippen LogP contribution in [0.1, 0.15) is 30.5 Å². The largest absolute Gasteiger partial charge is 0.494 e. The van der Waals surface area contributed by atoms with Crippen LogP contribution in [0.4, 0.5) is 4.39 Å². The van der Waals surface area contributed by atoms with Crippen LogP contribution in [0, 0.1) is 5.82 Å². The van der Waals surface area contributed by atoms with Crippen molar-refractivity contribution in [2.75, 3.05) is 12.4 Å². The summed E-state index contributed by atoms with van der Waals surface area (Å²) in [7, 11) is -3.55. The van der Waals surface area contributed by atoms with Crippen LogP contribution in [0.5, 0.6) is 5.75 Å². The maximum Gasteiger partial charge on any atom is 0.181 e. The van der Waals surface area contributed by atoms with Gasteiger partial charge in [-0.05, 0) is 31.0 Å². The van der Waals surface area contributed by atoms with E-state index in [9.17, 15) is 12.8 Å². The number of benzene rings is 2. The first-order chi connectivity index (χ1) is 11.5. The fraction of sp³-hybridized carbons (Fsp3) is 0.333. The molecule has 2 aromatic carbocycles. The minimum absolute atomic E-state index is 0.0499. The van der Waals surface area contributed by atoms with Crippen molar-refractivity contribution in [3.05, 3.63) is 59.4 Å². The number of ether oxygens (including phenoxy) is 1. The zero-order chi connectivity index (χ0) is 17.2. The number of halogens is 1. The Morgan fingerprint density at radius 1 is 1.21 bits per heavy atom. The molecule has 0 saturated heterocycles. The summed E-state index contributed by atoms with van der Waals surface area (Å²) >= 11 is 0. The van der Waals surface area contributed by atoms with Gasteiger partial charge in [0.25, 0.3) is 0 Å². The highest BCUT2D eigenvalue weighted by Gasteiger charge is 2.32. The Morgan fingerprint density at radius 2 is 2.00 bits per heavy atom. The van der Waals surface area contributed by atoms with E-state index in [2.05, 4.69) is 5.32 Å². The standard InChI is InChI=1S/C18H20FNO3S/c1-2-23-17-9-4-3-6-13(17)12-20-16-10-11-24(21,22)18-14(16)7-5-8-15(18)19/h3-9,16,20H,2,10-12H2,1H3/t16-/m1/s1. The maximum atomic E-state index is 14.0. The third-order valence-corrected chi connectivity index (χ3v) is 6.00. The predicted molar refractivity (Wildman–Crippen MR) is 90.3 cm³/mol. The Kier molecular flexibility index (Phi) is 4.87. The summed E-state index contributed by atoms with van der Waals surface area (Å²) in [5.41, 5.74) is 1.50. The molecular formula is C18H20FNO3S. The first-order valence-corrected chi connectivity index (χ1v) is 9.63. The van der Waals surface area contributed by atoms with Gasteiger partial charge in [0.2, 0.25) is 0 Å². The lowest BCUT2D eigenvalue weighted by molar-refractivity contribution is 0.334. The number of rotatable bonds is 5. The summed E-state index contributed by atoms with van der Waals surface area (Å²) in [4.78, 5) is -0.160. The molecule has 3 rings (SSSR count). The van der Waals surface area contributed by atoms with Crippen molar-refractivity contribution in [3.63, 3.8) is 0 Å². The molecule has 0 fully saturated rings. The Labute approximate surface area is 141 Å². The second-order valence-electron chi connectivity index (χ2n) is 5.74. The zero-order valence-electron chi connectivity index (χ0n) is 13.5. The number of hydrogen-bond donors (Lipinski definition) is 1. The summed E-state index contributed by atoms with van der Waals surface area (Å²) in [5, 5.41) is 3.35. The topological polar surface area (TPSA) is 55.4 Å². The van der Waals surface area contributed by atoms with E-state index in [0.717, 1.165) is 11.3 Å². The van der Waals surface area contributed by atoms with Crippen LogP contribution in [0.25, 0.3) is 0 Å². The Hall–Kier alpha value is -1.92. The van der Waals surface area contributed by atoms with Crippen molar-refractivity contribution in [2.24, 2.45) is 0 Å². The van der Waals surface area contributed by atoms with Gasteiger partial charge in [0.05, 0.1) is 12.4 Å². The predicted octanol–water partition coefficient (Wildman–Crippen LogP) is 3.23. The minimum Gasteiger partial charge on any atom is -0.494 e. The Balaban J connectivity index is 1.84. The van der Waals surface area contributed by atoms with Gasteiger partial charge < -0.3 is 10.1 Å². The van der Waals surface area contributed by atoms with E-state index in [-0.39, 0.29) is 16.7 Å². The molecule has 0 aromatic heterocycles. The van der Waals surface area contributed by atoms with E-state index in [4.69, 9.17) is 4.74 Å². The van der Waals surface area contributed by atoms with E-state index < -0.39 is 15.7 Å². The molecule has 24 heavy (non-hydrogen) atoms. The average molecular weight is 349 g/mol. The summed E-state index contributed by atoms with van der Waals surface area (Å²) in [6.07, 6.45) is 0.426. The Bertz CT molecular complexity index is 836. The number of hydrogen-bond acceptors (Lipinski definition) is 4. The van der Waals surface area contributed by atoms with Crippen LogP contribution < -0.4 is 10.1 Å². The molecular weight excluding hydrogens is 329 g/mol. The maximum absolute atomic E-state index is 14.0. The molecule has 1 aliphatic rings. The fourth-order valence-corrected chi connectivity index (χ4v) is 4.73. The van der Waals surface area contributed by atoms with Crippen LogP contribution in [0.2, 0.25) is 0 Å². The van der Waals surface area contributed by atoms with Crippen LogP contribution >= 0.6 is 0 Å². The third kappa shape index (κ3) is 3.30. The van der Waals surface area contributed by atoms with Crippen LogP contribution in [-0.4, -0.2) is 20.8 Å². The molecule has 0 spiro atoms. The lowest BCUT2D eigenvalue weighted by Gasteiger charge is -2.27. The number of sulfone groups is 1. The molecule has 2 aromatic rings. The van der Waals surface area contributed by atoms with Crippen molar-refractivity contribution < 1.29 is 17.5 Å². The van der Waals surface area contributed by atoms with Crippen molar-refractivity contribution >= 4 is 9.84 Å². The fourth-order valence-electron chi connectivity index (χ4n) is 3.05. The molecule has 6 heteroatoms. The first-order valence-electron chi connectivity index (χ1n) is 7.98. The molecule has 0 bridgehead atoms. The van der Waals surface area contributed by atoms with Gasteiger partial charge in [0.15, 0.2) is 9.84 Å². The number of para-hydroxylation sites is 1. The lowest BCUT2D eigenvalue weighted by Crippen LogP contribution is -2.30. The van der Waals surface area contributed by atoms with E-state index in [0.29, 0.717) is 25.1 Å². The van der Waals surface area contributed by atoms with Crippen LogP contribution in [0.15, 0.2) is 47.4 Å². The third-order valence-electron chi connectivity index (χ3n) is 4.17. The average Bonchev–Trinajstić information content (AvgIpc) is 2.55. The van der Waals surface area contributed by atoms with Crippen molar-refractivity contribution in [3.8, 4) is 5.75 Å². The molecule has 0 amide bonds. The quantitative estimate of drug-likeness (QED) is 0.900. The van der Waals surface area contributed by atoms with Crippen molar-refractivity contribution in [2.45, 2.75) is 30.8 Å². The highest BCUT2D eigenvalue weighted by Crippen LogP contribution is 2.34. The molecule has 1 aliphatic heterocycles. The second-order valence-corrected chi connectivity index (χ2v) is 7.79. The van der Waals surface area contributed by atoms with E-state index in [1.54, 1.807) is 12.1 Å². The normalized spacial score (nSPS) is 18.8. The monoisotopic (exact) mass is 349 g/mol. The van der Waals surface area contributed by atoms with Gasteiger partial charge in [-0.3, -0.25) is 0 Å². The van der Waals surface area contributed by atoms with Crippen LogP contribution in [-0.2, 0) is 16.4 Å². The highest BCUT2D eigenvalue weighted by molar-refractivity contribution is 7.91. The van der Waals surface area contributed by atoms with Gasteiger partial charge in [0, 0.05) is 18.2 Å². The number of fused-ring (bicyclic) bond motifs is 1. The lowest BCUT2D eigenvalue weighted by atomic mass is 10.0. The van der Waals surface area contributed by atoms with Gasteiger partial charge in [-0.2, -0.15) is 0 Å². The van der Waals surface area contributed by atoms with E-state index in [1.165, 1.54) is 6.07 Å². The molecule has 0 radical (unpaired) electrons. The molecule has 1 atom stereocenters. The van der Waals surface area contributed by atoms with E-state index in [1.807, 2.05) is 31.2 Å². The van der Waals surface area contributed by atoms with E-state index >= 15 is 0 Å². The smallest absolute Gasteiger partial charge is 0.181 e. The summed E-state index contributed by atoms with van der Waals surface area (Å²) in [5.74, 6) is 0.0789. The summed E-state index contributed by atoms with van der Waals surface area (Å²) in [6, 6.07) is 11.9.